The lowest BCUT2D eigenvalue weighted by atomic mass is 10.0. The highest BCUT2D eigenvalue weighted by atomic mass is 16.6. The van der Waals surface area contributed by atoms with Crippen LogP contribution in [-0.4, -0.2) is 35.2 Å². The molecule has 3 atom stereocenters. The molecule has 0 bridgehead atoms. The fourth-order valence-electron chi connectivity index (χ4n) is 3.74. The van der Waals surface area contributed by atoms with Crippen molar-refractivity contribution in [2.75, 3.05) is 6.54 Å². The number of amides is 1. The summed E-state index contributed by atoms with van der Waals surface area (Å²) in [6, 6.07) is 14.1. The molecule has 1 fully saturated rings. The predicted molar refractivity (Wildman–Crippen MR) is 109 cm³/mol. The summed E-state index contributed by atoms with van der Waals surface area (Å²) in [7, 11) is 0. The minimum Gasteiger partial charge on any atom is -0.460 e. The van der Waals surface area contributed by atoms with E-state index in [9.17, 15) is 14.7 Å². The second-order valence-electron chi connectivity index (χ2n) is 8.69. The summed E-state index contributed by atoms with van der Waals surface area (Å²) in [6.07, 6.45) is 0.619. The number of aliphatic hydroxyl groups is 1. The molecule has 0 aromatic heterocycles. The van der Waals surface area contributed by atoms with E-state index < -0.39 is 11.7 Å². The molecule has 150 valence electrons. The van der Waals surface area contributed by atoms with Crippen LogP contribution in [0.4, 0.5) is 0 Å². The quantitative estimate of drug-likeness (QED) is 0.778. The van der Waals surface area contributed by atoms with Gasteiger partial charge in [-0.1, -0.05) is 42.5 Å². The van der Waals surface area contributed by atoms with Gasteiger partial charge in [0.05, 0.1) is 18.4 Å². The van der Waals surface area contributed by atoms with E-state index in [2.05, 4.69) is 5.32 Å². The summed E-state index contributed by atoms with van der Waals surface area (Å²) in [5.74, 6) is -0.783. The number of benzene rings is 2. The van der Waals surface area contributed by atoms with Crippen molar-refractivity contribution in [3.05, 3.63) is 48.0 Å². The third-order valence-corrected chi connectivity index (χ3v) is 5.14. The number of ether oxygens (including phenoxy) is 1. The van der Waals surface area contributed by atoms with Crippen molar-refractivity contribution in [1.29, 1.82) is 0 Å². The number of aliphatic hydroxyl groups excluding tert-OH is 1. The van der Waals surface area contributed by atoms with Gasteiger partial charge in [-0.05, 0) is 49.9 Å². The first-order valence-corrected chi connectivity index (χ1v) is 9.86. The van der Waals surface area contributed by atoms with Crippen molar-refractivity contribution in [3.63, 3.8) is 0 Å². The minimum atomic E-state index is -0.599. The van der Waals surface area contributed by atoms with E-state index in [0.717, 1.165) is 16.3 Å². The van der Waals surface area contributed by atoms with Crippen molar-refractivity contribution in [3.8, 4) is 0 Å². The Hall–Kier alpha value is -2.40. The van der Waals surface area contributed by atoms with Gasteiger partial charge in [-0.3, -0.25) is 9.59 Å². The fraction of sp³-hybridized carbons (Fsp3) is 0.478. The third-order valence-electron chi connectivity index (χ3n) is 5.14. The lowest BCUT2D eigenvalue weighted by Gasteiger charge is -2.22. The van der Waals surface area contributed by atoms with Crippen molar-refractivity contribution < 1.29 is 19.4 Å². The Bertz CT molecular complexity index is 855. The molecule has 0 aliphatic heterocycles. The molecule has 2 N–H and O–H groups in total. The van der Waals surface area contributed by atoms with Crippen LogP contribution in [0.3, 0.4) is 0 Å². The molecule has 1 aliphatic rings. The molecule has 2 aromatic rings. The van der Waals surface area contributed by atoms with Crippen LogP contribution in [0.5, 0.6) is 0 Å². The first-order valence-electron chi connectivity index (χ1n) is 9.86. The highest BCUT2D eigenvalue weighted by molar-refractivity contribution is 5.85. The van der Waals surface area contributed by atoms with Gasteiger partial charge in [-0.25, -0.2) is 0 Å². The average Bonchev–Trinajstić information content (AvgIpc) is 2.99. The zero-order valence-corrected chi connectivity index (χ0v) is 16.8. The standard InChI is InChI=1S/C23H29NO4/c1-23(2,3)28-22(27)18-12-19(20(25)13-18)14-24-21(26)11-15-8-9-16-6-4-5-7-17(16)10-15/h4-10,18-20,25H,11-14H2,1-3H3,(H,24,26)/t18-,19+,20+/m0/s1. The molecule has 28 heavy (non-hydrogen) atoms. The van der Waals surface area contributed by atoms with Crippen LogP contribution in [0, 0.1) is 11.8 Å². The van der Waals surface area contributed by atoms with Crippen LogP contribution in [0.1, 0.15) is 39.2 Å². The summed E-state index contributed by atoms with van der Waals surface area (Å²) in [5, 5.41) is 15.4. The van der Waals surface area contributed by atoms with Crippen LogP contribution in [-0.2, 0) is 20.7 Å². The van der Waals surface area contributed by atoms with Gasteiger partial charge in [0.25, 0.3) is 0 Å². The molecule has 5 heteroatoms. The lowest BCUT2D eigenvalue weighted by molar-refractivity contribution is -0.160. The van der Waals surface area contributed by atoms with Gasteiger partial charge in [-0.15, -0.1) is 0 Å². The molecule has 0 radical (unpaired) electrons. The third kappa shape index (κ3) is 5.32. The zero-order valence-electron chi connectivity index (χ0n) is 16.8. The molecule has 1 aliphatic carbocycles. The van der Waals surface area contributed by atoms with Crippen LogP contribution < -0.4 is 5.32 Å². The second kappa shape index (κ2) is 8.31. The zero-order chi connectivity index (χ0) is 20.3. The van der Waals surface area contributed by atoms with Gasteiger partial charge >= 0.3 is 5.97 Å². The van der Waals surface area contributed by atoms with E-state index in [4.69, 9.17) is 4.74 Å². The van der Waals surface area contributed by atoms with E-state index in [1.807, 2.05) is 63.2 Å². The normalized spacial score (nSPS) is 22.2. The molecule has 0 spiro atoms. The van der Waals surface area contributed by atoms with Gasteiger partial charge in [0.1, 0.15) is 5.60 Å². The molecule has 2 aromatic carbocycles. The highest BCUT2D eigenvalue weighted by Crippen LogP contribution is 2.32. The highest BCUT2D eigenvalue weighted by Gasteiger charge is 2.38. The summed E-state index contributed by atoms with van der Waals surface area (Å²) < 4.78 is 5.42. The topological polar surface area (TPSA) is 75.6 Å². The Morgan fingerprint density at radius 2 is 1.82 bits per heavy atom. The average molecular weight is 383 g/mol. The Labute approximate surface area is 166 Å². The van der Waals surface area contributed by atoms with E-state index in [-0.39, 0.29) is 23.7 Å². The van der Waals surface area contributed by atoms with Crippen LogP contribution in [0.25, 0.3) is 10.8 Å². The molecular formula is C23H29NO4. The van der Waals surface area contributed by atoms with Crippen molar-refractivity contribution in [2.45, 2.75) is 51.7 Å². The molecule has 1 saturated carbocycles. The first kappa shape index (κ1) is 20.3. The Morgan fingerprint density at radius 1 is 1.11 bits per heavy atom. The lowest BCUT2D eigenvalue weighted by Crippen LogP contribution is -2.33. The number of carbonyl (C=O) groups excluding carboxylic acids is 2. The second-order valence-corrected chi connectivity index (χ2v) is 8.69. The molecule has 0 unspecified atom stereocenters. The largest absolute Gasteiger partial charge is 0.460 e. The van der Waals surface area contributed by atoms with E-state index in [1.165, 1.54) is 0 Å². The van der Waals surface area contributed by atoms with E-state index >= 15 is 0 Å². The van der Waals surface area contributed by atoms with Gasteiger partial charge in [0.2, 0.25) is 5.91 Å². The van der Waals surface area contributed by atoms with Gasteiger partial charge < -0.3 is 15.2 Å². The number of nitrogens with one attached hydrogen (secondary N) is 1. The van der Waals surface area contributed by atoms with E-state index in [1.54, 1.807) is 0 Å². The predicted octanol–water partition coefficient (Wildman–Crippen LogP) is 3.23. The van der Waals surface area contributed by atoms with Gasteiger partial charge in [0, 0.05) is 12.5 Å². The number of esters is 1. The van der Waals surface area contributed by atoms with Crippen LogP contribution in [0.2, 0.25) is 0 Å². The maximum absolute atomic E-state index is 12.3. The van der Waals surface area contributed by atoms with Crippen molar-refractivity contribution >= 4 is 22.6 Å². The number of carbonyl (C=O) groups is 2. The molecular weight excluding hydrogens is 354 g/mol. The number of hydrogen-bond acceptors (Lipinski definition) is 4. The molecule has 0 saturated heterocycles. The summed E-state index contributed by atoms with van der Waals surface area (Å²) in [5.41, 5.74) is 0.420. The van der Waals surface area contributed by atoms with Crippen LogP contribution in [0.15, 0.2) is 42.5 Å². The Kier molecular flexibility index (Phi) is 6.04. The summed E-state index contributed by atoms with van der Waals surface area (Å²) in [4.78, 5) is 24.5. The van der Waals surface area contributed by atoms with Crippen molar-refractivity contribution in [1.82, 2.24) is 5.32 Å². The van der Waals surface area contributed by atoms with Crippen LogP contribution >= 0.6 is 0 Å². The molecule has 0 heterocycles. The maximum Gasteiger partial charge on any atom is 0.309 e. The number of fused-ring (bicyclic) bond motifs is 1. The number of rotatable bonds is 5. The maximum atomic E-state index is 12.3. The summed E-state index contributed by atoms with van der Waals surface area (Å²) >= 11 is 0. The van der Waals surface area contributed by atoms with Crippen molar-refractivity contribution in [2.24, 2.45) is 11.8 Å². The molecule has 1 amide bonds. The SMILES string of the molecule is CC(C)(C)OC(=O)[C@H]1C[C@H](CNC(=O)Cc2ccc3ccccc3c2)[C@H](O)C1. The Balaban J connectivity index is 1.50. The molecule has 3 rings (SSSR count). The Morgan fingerprint density at radius 3 is 2.54 bits per heavy atom. The minimum absolute atomic E-state index is 0.0804. The summed E-state index contributed by atoms with van der Waals surface area (Å²) in [6.45, 7) is 5.87. The van der Waals surface area contributed by atoms with E-state index in [0.29, 0.717) is 25.8 Å². The monoisotopic (exact) mass is 383 g/mol. The van der Waals surface area contributed by atoms with Gasteiger partial charge in [-0.2, -0.15) is 0 Å². The smallest absolute Gasteiger partial charge is 0.309 e. The number of hydrogen-bond donors (Lipinski definition) is 2. The fourth-order valence-corrected chi connectivity index (χ4v) is 3.74. The molecule has 5 nitrogen and oxygen atoms in total. The first-order chi connectivity index (χ1) is 13.2. The van der Waals surface area contributed by atoms with Gasteiger partial charge in [0.15, 0.2) is 0 Å².